The summed E-state index contributed by atoms with van der Waals surface area (Å²) >= 11 is 0. The quantitative estimate of drug-likeness (QED) is 0.536. The van der Waals surface area contributed by atoms with Crippen LogP contribution in [-0.2, 0) is 9.47 Å². The Morgan fingerprint density at radius 1 is 1.00 bits per heavy atom. The molecule has 2 unspecified atom stereocenters. The fraction of sp³-hybridized carbons (Fsp3) is 1.00. The SMILES string of the molecule is CCCCOCCOC(CC)C(CCC)NC. The van der Waals surface area contributed by atoms with E-state index in [1.54, 1.807) is 0 Å². The van der Waals surface area contributed by atoms with Crippen molar-refractivity contribution >= 4 is 0 Å². The molecule has 0 saturated heterocycles. The lowest BCUT2D eigenvalue weighted by molar-refractivity contribution is -0.0138. The molecule has 2 atom stereocenters. The maximum absolute atomic E-state index is 5.89. The molecule has 0 radical (unpaired) electrons. The molecule has 0 heterocycles. The minimum atomic E-state index is 0.315. The van der Waals surface area contributed by atoms with Crippen LogP contribution in [-0.4, -0.2) is 39.0 Å². The van der Waals surface area contributed by atoms with Crippen LogP contribution in [0.3, 0.4) is 0 Å². The fourth-order valence-electron chi connectivity index (χ4n) is 1.95. The first-order chi connectivity index (χ1) is 8.29. The van der Waals surface area contributed by atoms with Crippen molar-refractivity contribution < 1.29 is 9.47 Å². The Morgan fingerprint density at radius 3 is 2.29 bits per heavy atom. The average Bonchev–Trinajstić information content (AvgIpc) is 2.36. The normalized spacial score (nSPS) is 14.8. The van der Waals surface area contributed by atoms with Gasteiger partial charge in [0.15, 0.2) is 0 Å². The van der Waals surface area contributed by atoms with E-state index in [9.17, 15) is 0 Å². The zero-order valence-corrected chi connectivity index (χ0v) is 12.1. The molecular weight excluding hydrogens is 214 g/mol. The monoisotopic (exact) mass is 245 g/mol. The molecule has 1 N–H and O–H groups in total. The van der Waals surface area contributed by atoms with Gasteiger partial charge >= 0.3 is 0 Å². The molecule has 0 aliphatic carbocycles. The number of unbranched alkanes of at least 4 members (excludes halogenated alkanes) is 1. The number of likely N-dealkylation sites (N-methyl/N-ethyl adjacent to an activating group) is 1. The van der Waals surface area contributed by atoms with Gasteiger partial charge in [-0.1, -0.05) is 33.6 Å². The summed E-state index contributed by atoms with van der Waals surface area (Å²) in [4.78, 5) is 0. The van der Waals surface area contributed by atoms with Crippen molar-refractivity contribution in [3.63, 3.8) is 0 Å². The molecule has 0 bridgehead atoms. The molecule has 0 fully saturated rings. The van der Waals surface area contributed by atoms with Gasteiger partial charge in [-0.15, -0.1) is 0 Å². The lowest BCUT2D eigenvalue weighted by Crippen LogP contribution is -2.39. The van der Waals surface area contributed by atoms with Crippen molar-refractivity contribution in [3.05, 3.63) is 0 Å². The van der Waals surface area contributed by atoms with Gasteiger partial charge < -0.3 is 14.8 Å². The molecule has 0 amide bonds. The number of nitrogens with one attached hydrogen (secondary N) is 1. The number of hydrogen-bond acceptors (Lipinski definition) is 3. The molecule has 0 rings (SSSR count). The van der Waals surface area contributed by atoms with Crippen LogP contribution in [0.2, 0.25) is 0 Å². The van der Waals surface area contributed by atoms with Crippen LogP contribution < -0.4 is 5.32 Å². The third-order valence-electron chi connectivity index (χ3n) is 3.02. The Morgan fingerprint density at radius 2 is 1.76 bits per heavy atom. The van der Waals surface area contributed by atoms with Gasteiger partial charge in [0.2, 0.25) is 0 Å². The summed E-state index contributed by atoms with van der Waals surface area (Å²) in [6, 6.07) is 0.473. The number of rotatable bonds is 12. The van der Waals surface area contributed by atoms with Crippen LogP contribution in [0.1, 0.15) is 52.9 Å². The number of hydrogen-bond donors (Lipinski definition) is 1. The maximum atomic E-state index is 5.89. The van der Waals surface area contributed by atoms with Gasteiger partial charge in [-0.25, -0.2) is 0 Å². The second-order valence-corrected chi connectivity index (χ2v) is 4.47. The lowest BCUT2D eigenvalue weighted by atomic mass is 10.0. The highest BCUT2D eigenvalue weighted by Crippen LogP contribution is 2.09. The van der Waals surface area contributed by atoms with Gasteiger partial charge in [0.1, 0.15) is 0 Å². The smallest absolute Gasteiger partial charge is 0.0726 e. The third-order valence-corrected chi connectivity index (χ3v) is 3.02. The van der Waals surface area contributed by atoms with Crippen LogP contribution in [0.4, 0.5) is 0 Å². The first kappa shape index (κ1) is 16.9. The summed E-state index contributed by atoms with van der Waals surface area (Å²) in [5.74, 6) is 0. The molecular formula is C14H31NO2. The first-order valence-corrected chi connectivity index (χ1v) is 7.16. The van der Waals surface area contributed by atoms with E-state index in [1.807, 2.05) is 7.05 Å². The molecule has 3 nitrogen and oxygen atoms in total. The molecule has 0 aromatic carbocycles. The largest absolute Gasteiger partial charge is 0.379 e. The molecule has 0 spiro atoms. The molecule has 17 heavy (non-hydrogen) atoms. The topological polar surface area (TPSA) is 30.5 Å². The minimum absolute atomic E-state index is 0.315. The molecule has 104 valence electrons. The second-order valence-electron chi connectivity index (χ2n) is 4.47. The van der Waals surface area contributed by atoms with E-state index in [1.165, 1.54) is 19.3 Å². The van der Waals surface area contributed by atoms with Crippen LogP contribution >= 0.6 is 0 Å². The van der Waals surface area contributed by atoms with E-state index in [-0.39, 0.29) is 0 Å². The second kappa shape index (κ2) is 12.3. The highest BCUT2D eigenvalue weighted by Gasteiger charge is 2.17. The Labute approximate surface area is 107 Å². The Balaban J connectivity index is 3.65. The van der Waals surface area contributed by atoms with E-state index in [0.717, 1.165) is 26.1 Å². The third kappa shape index (κ3) is 8.58. The summed E-state index contributed by atoms with van der Waals surface area (Å²) in [5.41, 5.74) is 0. The van der Waals surface area contributed by atoms with Crippen molar-refractivity contribution in [3.8, 4) is 0 Å². The molecule has 0 aliphatic heterocycles. The van der Waals surface area contributed by atoms with Gasteiger partial charge in [0.25, 0.3) is 0 Å². The Bertz CT molecular complexity index is 153. The van der Waals surface area contributed by atoms with Crippen molar-refractivity contribution in [2.75, 3.05) is 26.9 Å². The maximum Gasteiger partial charge on any atom is 0.0726 e. The standard InChI is InChI=1S/C14H31NO2/c1-5-8-10-16-11-12-17-14(7-3)13(15-4)9-6-2/h13-15H,5-12H2,1-4H3. The van der Waals surface area contributed by atoms with Crippen LogP contribution in [0.15, 0.2) is 0 Å². The van der Waals surface area contributed by atoms with Gasteiger partial charge in [-0.05, 0) is 26.3 Å². The van der Waals surface area contributed by atoms with E-state index in [0.29, 0.717) is 18.8 Å². The first-order valence-electron chi connectivity index (χ1n) is 7.16. The van der Waals surface area contributed by atoms with Gasteiger partial charge in [0.05, 0.1) is 19.3 Å². The van der Waals surface area contributed by atoms with Crippen molar-refractivity contribution in [1.29, 1.82) is 0 Å². The van der Waals surface area contributed by atoms with Gasteiger partial charge in [0, 0.05) is 12.6 Å². The minimum Gasteiger partial charge on any atom is -0.379 e. The summed E-state index contributed by atoms with van der Waals surface area (Å²) in [6.07, 6.45) is 6.07. The summed E-state index contributed by atoms with van der Waals surface area (Å²) in [6.45, 7) is 8.87. The van der Waals surface area contributed by atoms with Crippen LogP contribution in [0, 0.1) is 0 Å². The zero-order chi connectivity index (χ0) is 12.9. The zero-order valence-electron chi connectivity index (χ0n) is 12.1. The molecule has 0 saturated carbocycles. The van der Waals surface area contributed by atoms with E-state index >= 15 is 0 Å². The Kier molecular flexibility index (Phi) is 12.3. The molecule has 0 aromatic rings. The fourth-order valence-corrected chi connectivity index (χ4v) is 1.95. The molecule has 0 aromatic heterocycles. The summed E-state index contributed by atoms with van der Waals surface area (Å²) < 4.78 is 11.4. The predicted octanol–water partition coefficient (Wildman–Crippen LogP) is 2.99. The van der Waals surface area contributed by atoms with E-state index in [4.69, 9.17) is 9.47 Å². The van der Waals surface area contributed by atoms with Crippen LogP contribution in [0.25, 0.3) is 0 Å². The van der Waals surface area contributed by atoms with Crippen molar-refractivity contribution in [2.45, 2.75) is 65.0 Å². The average molecular weight is 245 g/mol. The highest BCUT2D eigenvalue weighted by molar-refractivity contribution is 4.74. The summed E-state index contributed by atoms with van der Waals surface area (Å²) in [7, 11) is 2.02. The van der Waals surface area contributed by atoms with Crippen LogP contribution in [0.5, 0.6) is 0 Å². The summed E-state index contributed by atoms with van der Waals surface area (Å²) in [5, 5.41) is 3.35. The number of ether oxygens (including phenoxy) is 2. The molecule has 3 heteroatoms. The lowest BCUT2D eigenvalue weighted by Gasteiger charge is -2.25. The van der Waals surface area contributed by atoms with E-state index in [2.05, 4.69) is 26.1 Å². The highest BCUT2D eigenvalue weighted by atomic mass is 16.5. The van der Waals surface area contributed by atoms with Crippen molar-refractivity contribution in [1.82, 2.24) is 5.32 Å². The Hall–Kier alpha value is -0.120. The predicted molar refractivity (Wildman–Crippen MR) is 73.5 cm³/mol. The van der Waals surface area contributed by atoms with E-state index < -0.39 is 0 Å². The molecule has 0 aliphatic rings. The van der Waals surface area contributed by atoms with Crippen molar-refractivity contribution in [2.24, 2.45) is 0 Å². The van der Waals surface area contributed by atoms with Gasteiger partial charge in [-0.3, -0.25) is 0 Å². The van der Waals surface area contributed by atoms with Gasteiger partial charge in [-0.2, -0.15) is 0 Å².